The van der Waals surface area contributed by atoms with E-state index in [9.17, 15) is 19.4 Å². The van der Waals surface area contributed by atoms with Crippen LogP contribution in [0.1, 0.15) is 284 Å². The zero-order valence-electron chi connectivity index (χ0n) is 45.8. The fourth-order valence-electron chi connectivity index (χ4n) is 8.70. The minimum Gasteiger partial charge on any atom is -0.756 e. The van der Waals surface area contributed by atoms with Gasteiger partial charge < -0.3 is 28.8 Å². The van der Waals surface area contributed by atoms with Crippen molar-refractivity contribution in [2.24, 2.45) is 0 Å². The Morgan fingerprint density at radius 1 is 0.500 bits per heavy atom. The second-order valence-corrected chi connectivity index (χ2v) is 22.8. The van der Waals surface area contributed by atoms with E-state index in [0.29, 0.717) is 17.4 Å². The predicted molar refractivity (Wildman–Crippen MR) is 293 cm³/mol. The molecule has 0 aromatic heterocycles. The smallest absolute Gasteiger partial charge is 0.268 e. The van der Waals surface area contributed by atoms with Crippen molar-refractivity contribution >= 4 is 13.7 Å². The highest BCUT2D eigenvalue weighted by molar-refractivity contribution is 7.45. The van der Waals surface area contributed by atoms with Crippen molar-refractivity contribution < 1.29 is 32.9 Å². The molecule has 1 amide bonds. The fourth-order valence-corrected chi connectivity index (χ4v) is 9.42. The Kier molecular flexibility index (Phi) is 49.7. The zero-order valence-corrected chi connectivity index (χ0v) is 46.7. The number of rotatable bonds is 54. The van der Waals surface area contributed by atoms with Crippen LogP contribution in [-0.2, 0) is 18.4 Å². The molecule has 3 unspecified atom stereocenters. The maximum Gasteiger partial charge on any atom is 0.268 e. The highest BCUT2D eigenvalue weighted by atomic mass is 31.2. The number of amides is 1. The fraction of sp³-hybridized carbons (Fsp3) is 0.881. The zero-order chi connectivity index (χ0) is 49.9. The number of carbonyl (C=O) groups is 1. The van der Waals surface area contributed by atoms with E-state index in [1.165, 1.54) is 225 Å². The minimum absolute atomic E-state index is 0.00500. The van der Waals surface area contributed by atoms with Gasteiger partial charge in [0.2, 0.25) is 5.91 Å². The van der Waals surface area contributed by atoms with E-state index in [-0.39, 0.29) is 19.1 Å². The molecule has 0 saturated carbocycles. The quantitative estimate of drug-likeness (QED) is 0.0272. The predicted octanol–water partition coefficient (Wildman–Crippen LogP) is 17.1. The van der Waals surface area contributed by atoms with Crippen molar-refractivity contribution in [2.75, 3.05) is 40.9 Å². The first-order valence-corrected chi connectivity index (χ1v) is 30.8. The Morgan fingerprint density at radius 3 is 1.19 bits per heavy atom. The van der Waals surface area contributed by atoms with Crippen LogP contribution in [0.5, 0.6) is 0 Å². The number of carbonyl (C=O) groups excluding carboxylic acids is 1. The molecule has 68 heavy (non-hydrogen) atoms. The van der Waals surface area contributed by atoms with Gasteiger partial charge in [-0.15, -0.1) is 0 Å². The van der Waals surface area contributed by atoms with Gasteiger partial charge in [0, 0.05) is 6.42 Å². The van der Waals surface area contributed by atoms with Gasteiger partial charge in [0.05, 0.1) is 39.9 Å². The molecule has 0 aliphatic heterocycles. The van der Waals surface area contributed by atoms with E-state index in [4.69, 9.17) is 9.05 Å². The van der Waals surface area contributed by atoms with Crippen LogP contribution < -0.4 is 10.2 Å². The second-order valence-electron chi connectivity index (χ2n) is 21.3. The van der Waals surface area contributed by atoms with Gasteiger partial charge in [-0.2, -0.15) is 0 Å². The van der Waals surface area contributed by atoms with Crippen molar-refractivity contribution in [1.29, 1.82) is 0 Å². The number of likely N-dealkylation sites (N-methyl/N-ethyl adjacent to an activating group) is 1. The topological polar surface area (TPSA) is 108 Å². The molecule has 0 aromatic carbocycles. The summed E-state index contributed by atoms with van der Waals surface area (Å²) >= 11 is 0. The summed E-state index contributed by atoms with van der Waals surface area (Å²) in [6, 6.07) is -0.902. The largest absolute Gasteiger partial charge is 0.756 e. The summed E-state index contributed by atoms with van der Waals surface area (Å²) in [6.45, 7) is 4.66. The van der Waals surface area contributed by atoms with Gasteiger partial charge in [0.1, 0.15) is 13.2 Å². The van der Waals surface area contributed by atoms with Gasteiger partial charge in [-0.25, -0.2) is 0 Å². The van der Waals surface area contributed by atoms with Gasteiger partial charge in [-0.05, 0) is 57.8 Å². The van der Waals surface area contributed by atoms with Gasteiger partial charge in [-0.3, -0.25) is 9.36 Å². The van der Waals surface area contributed by atoms with E-state index in [2.05, 4.69) is 43.5 Å². The van der Waals surface area contributed by atoms with Crippen LogP contribution in [0.15, 0.2) is 36.5 Å². The Morgan fingerprint density at radius 2 is 0.824 bits per heavy atom. The summed E-state index contributed by atoms with van der Waals surface area (Å²) < 4.78 is 23.3. The molecular formula is C59H115N2O6P. The first kappa shape index (κ1) is 66.7. The van der Waals surface area contributed by atoms with E-state index in [1.54, 1.807) is 6.08 Å². The second kappa shape index (κ2) is 50.7. The lowest BCUT2D eigenvalue weighted by Gasteiger charge is -2.29. The SMILES string of the molecule is CCCCCCCCCC/C=C\CCCCCCCCCCCCCCCCCCCC(=O)NC(COP(=O)([O-])OCC[N+](C)(C)C)C(O)/C=C/CC/C=C/CCCCCCCCCCCCC. The number of allylic oxidation sites excluding steroid dienone is 5. The third kappa shape index (κ3) is 52.5. The molecule has 0 heterocycles. The molecule has 0 rings (SSSR count). The molecule has 0 aliphatic rings. The number of aliphatic hydroxyl groups is 1. The van der Waals surface area contributed by atoms with Crippen molar-refractivity contribution in [3.05, 3.63) is 36.5 Å². The first-order valence-electron chi connectivity index (χ1n) is 29.4. The highest BCUT2D eigenvalue weighted by Gasteiger charge is 2.23. The molecule has 0 saturated heterocycles. The Labute approximate surface area is 423 Å². The number of phosphoric acid groups is 1. The number of unbranched alkanes of at least 4 members (excludes halogenated alkanes) is 37. The maximum atomic E-state index is 13.0. The molecule has 0 bridgehead atoms. The summed E-state index contributed by atoms with van der Waals surface area (Å²) in [5.41, 5.74) is 0. The minimum atomic E-state index is -4.60. The summed E-state index contributed by atoms with van der Waals surface area (Å²) in [6.07, 6.45) is 65.2. The van der Waals surface area contributed by atoms with Crippen LogP contribution in [0, 0.1) is 0 Å². The first-order chi connectivity index (χ1) is 33.0. The van der Waals surface area contributed by atoms with Gasteiger partial charge in [0.15, 0.2) is 0 Å². The van der Waals surface area contributed by atoms with E-state index in [1.807, 2.05) is 27.2 Å². The molecule has 2 N–H and O–H groups in total. The van der Waals surface area contributed by atoms with Crippen molar-refractivity contribution in [2.45, 2.75) is 296 Å². The summed E-state index contributed by atoms with van der Waals surface area (Å²) in [5.74, 6) is -0.203. The normalized spacial score (nSPS) is 14.2. The molecule has 0 radical (unpaired) electrons. The molecule has 0 aliphatic carbocycles. The van der Waals surface area contributed by atoms with Crippen LogP contribution in [0.4, 0.5) is 0 Å². The summed E-state index contributed by atoms with van der Waals surface area (Å²) in [7, 11) is 1.25. The Bertz CT molecular complexity index is 1200. The van der Waals surface area contributed by atoms with Gasteiger partial charge in [0.25, 0.3) is 7.82 Å². The molecule has 8 nitrogen and oxygen atoms in total. The molecule has 3 atom stereocenters. The Hall–Kier alpha value is -1.28. The standard InChI is InChI=1S/C59H115N2O6P/c1-6-8-10-12-14-16-18-20-22-24-25-26-27-28-29-30-31-32-33-34-35-37-39-41-43-45-47-49-51-53-59(63)60-57(56-67-68(64,65)66-55-54-61(3,4)5)58(62)52-50-48-46-44-42-40-38-36-23-21-19-17-15-13-11-9-7-2/h24-25,42,44,50,52,57-58,62H,6-23,26-41,43,45-49,51,53-56H2,1-5H3,(H-,60,63,64,65)/b25-24-,44-42+,52-50+. The van der Waals surface area contributed by atoms with Crippen LogP contribution in [-0.4, -0.2) is 68.5 Å². The number of nitrogens with one attached hydrogen (secondary N) is 1. The van der Waals surface area contributed by atoms with Gasteiger partial charge >= 0.3 is 0 Å². The Balaban J connectivity index is 4.13. The highest BCUT2D eigenvalue weighted by Crippen LogP contribution is 2.38. The van der Waals surface area contributed by atoms with Crippen molar-refractivity contribution in [3.8, 4) is 0 Å². The lowest BCUT2D eigenvalue weighted by atomic mass is 10.0. The van der Waals surface area contributed by atoms with E-state index in [0.717, 1.165) is 38.5 Å². The third-order valence-electron chi connectivity index (χ3n) is 13.3. The lowest BCUT2D eigenvalue weighted by molar-refractivity contribution is -0.870. The monoisotopic (exact) mass is 979 g/mol. The number of hydrogen-bond acceptors (Lipinski definition) is 6. The molecule has 402 valence electrons. The lowest BCUT2D eigenvalue weighted by Crippen LogP contribution is -2.45. The molecule has 9 heteroatoms. The maximum absolute atomic E-state index is 13.0. The van der Waals surface area contributed by atoms with Gasteiger partial charge in [-0.1, -0.05) is 256 Å². The molecule has 0 spiro atoms. The van der Waals surface area contributed by atoms with E-state index < -0.39 is 20.0 Å². The number of quaternary nitrogens is 1. The molecule has 0 aromatic rings. The van der Waals surface area contributed by atoms with Crippen molar-refractivity contribution in [3.63, 3.8) is 0 Å². The number of aliphatic hydroxyl groups excluding tert-OH is 1. The summed E-state index contributed by atoms with van der Waals surface area (Å²) in [4.78, 5) is 25.5. The van der Waals surface area contributed by atoms with Crippen molar-refractivity contribution in [1.82, 2.24) is 5.32 Å². The van der Waals surface area contributed by atoms with Crippen LogP contribution in [0.2, 0.25) is 0 Å². The number of phosphoric ester groups is 1. The molecular weight excluding hydrogens is 864 g/mol. The number of nitrogens with zero attached hydrogens (tertiary/aromatic N) is 1. The van der Waals surface area contributed by atoms with E-state index >= 15 is 0 Å². The third-order valence-corrected chi connectivity index (χ3v) is 14.3. The van der Waals surface area contributed by atoms with Crippen LogP contribution >= 0.6 is 7.82 Å². The summed E-state index contributed by atoms with van der Waals surface area (Å²) in [5, 5.41) is 13.9. The number of hydrogen-bond donors (Lipinski definition) is 2. The van der Waals surface area contributed by atoms with Crippen LogP contribution in [0.25, 0.3) is 0 Å². The average molecular weight is 980 g/mol. The van der Waals surface area contributed by atoms with Crippen LogP contribution in [0.3, 0.4) is 0 Å². The average Bonchev–Trinajstić information content (AvgIpc) is 3.30. The molecule has 0 fully saturated rings.